The average molecular weight is 584 g/mol. The lowest BCUT2D eigenvalue weighted by Gasteiger charge is -2.13. The minimum Gasteiger partial charge on any atom is -0.486 e. The molecule has 3 aromatic carbocycles. The first-order valence-electron chi connectivity index (χ1n) is 9.67. The zero-order chi connectivity index (χ0) is 23.5. The van der Waals surface area contributed by atoms with Crippen molar-refractivity contribution in [2.75, 3.05) is 0 Å². The molecule has 4 nitrogen and oxygen atoms in total. The first-order chi connectivity index (χ1) is 15.8. The number of amides is 2. The molecule has 0 saturated carbocycles. The lowest BCUT2D eigenvalue weighted by atomic mass is 10.2. The molecule has 33 heavy (non-hydrogen) atoms. The van der Waals surface area contributed by atoms with Crippen LogP contribution in [0.15, 0.2) is 70.0 Å². The predicted molar refractivity (Wildman–Crippen MR) is 138 cm³/mol. The Bertz CT molecular complexity index is 1260. The Morgan fingerprint density at radius 2 is 1.76 bits per heavy atom. The third kappa shape index (κ3) is 5.76. The summed E-state index contributed by atoms with van der Waals surface area (Å²) in [5, 5.41) is 1.18. The summed E-state index contributed by atoms with van der Waals surface area (Å²) in [4.78, 5) is 26.8. The van der Waals surface area contributed by atoms with Crippen molar-refractivity contribution in [1.29, 1.82) is 0 Å². The Kier molecular flexibility index (Phi) is 7.72. The first-order valence-corrected chi connectivity index (χ1v) is 12.4. The minimum absolute atomic E-state index is 0.155. The second-order valence-electron chi connectivity index (χ2n) is 7.09. The van der Waals surface area contributed by atoms with Gasteiger partial charge in [0.2, 0.25) is 0 Å². The van der Waals surface area contributed by atoms with E-state index in [1.54, 1.807) is 42.5 Å². The van der Waals surface area contributed by atoms with Crippen LogP contribution in [0.4, 0.5) is 4.79 Å². The van der Waals surface area contributed by atoms with E-state index >= 15 is 0 Å². The SMILES string of the molecule is O=C1S/C(=C\c2cc(Cl)c(OCc3ccccc3Cl)c(Br)c2)C(=O)N1Cc1cccc(Cl)c1. The van der Waals surface area contributed by atoms with Crippen LogP contribution in [0.5, 0.6) is 5.75 Å². The second-order valence-corrected chi connectivity index (χ2v) is 10.2. The summed E-state index contributed by atoms with van der Waals surface area (Å²) in [7, 11) is 0. The summed E-state index contributed by atoms with van der Waals surface area (Å²) >= 11 is 23.0. The fourth-order valence-electron chi connectivity index (χ4n) is 3.17. The van der Waals surface area contributed by atoms with Crippen LogP contribution in [0.2, 0.25) is 15.1 Å². The molecule has 1 heterocycles. The van der Waals surface area contributed by atoms with Gasteiger partial charge in [-0.3, -0.25) is 14.5 Å². The van der Waals surface area contributed by atoms with Gasteiger partial charge in [-0.05, 0) is 75.2 Å². The number of benzene rings is 3. The quantitative estimate of drug-likeness (QED) is 0.274. The first kappa shape index (κ1) is 24.2. The van der Waals surface area contributed by atoms with Crippen molar-refractivity contribution in [3.63, 3.8) is 0 Å². The average Bonchev–Trinajstić information content (AvgIpc) is 3.02. The van der Waals surface area contributed by atoms with Crippen molar-refractivity contribution in [3.8, 4) is 5.75 Å². The van der Waals surface area contributed by atoms with Gasteiger partial charge in [-0.2, -0.15) is 0 Å². The molecule has 0 unspecified atom stereocenters. The molecule has 0 atom stereocenters. The van der Waals surface area contributed by atoms with E-state index in [2.05, 4.69) is 15.9 Å². The van der Waals surface area contributed by atoms with Gasteiger partial charge in [-0.25, -0.2) is 0 Å². The lowest BCUT2D eigenvalue weighted by molar-refractivity contribution is -0.123. The van der Waals surface area contributed by atoms with Crippen LogP contribution in [0.1, 0.15) is 16.7 Å². The van der Waals surface area contributed by atoms with Gasteiger partial charge in [0.15, 0.2) is 5.75 Å². The van der Waals surface area contributed by atoms with Gasteiger partial charge >= 0.3 is 0 Å². The van der Waals surface area contributed by atoms with Crippen LogP contribution in [-0.2, 0) is 17.9 Å². The normalized spacial score (nSPS) is 14.9. The van der Waals surface area contributed by atoms with Crippen LogP contribution in [0, 0.1) is 0 Å². The molecule has 0 N–H and O–H groups in total. The minimum atomic E-state index is -0.365. The van der Waals surface area contributed by atoms with Gasteiger partial charge in [0.25, 0.3) is 11.1 Å². The molecule has 0 aliphatic carbocycles. The van der Waals surface area contributed by atoms with E-state index in [0.717, 1.165) is 22.9 Å². The number of hydrogen-bond donors (Lipinski definition) is 0. The van der Waals surface area contributed by atoms with E-state index in [9.17, 15) is 9.59 Å². The molecule has 0 bridgehead atoms. The molecule has 9 heteroatoms. The van der Waals surface area contributed by atoms with E-state index in [-0.39, 0.29) is 24.3 Å². The highest BCUT2D eigenvalue weighted by atomic mass is 79.9. The Labute approximate surface area is 218 Å². The number of ether oxygens (including phenoxy) is 1. The lowest BCUT2D eigenvalue weighted by Crippen LogP contribution is -2.27. The van der Waals surface area contributed by atoms with Gasteiger partial charge < -0.3 is 4.74 Å². The zero-order valence-electron chi connectivity index (χ0n) is 16.9. The van der Waals surface area contributed by atoms with Gasteiger partial charge in [0.1, 0.15) is 6.61 Å². The topological polar surface area (TPSA) is 46.6 Å². The molecule has 168 valence electrons. The highest BCUT2D eigenvalue weighted by Crippen LogP contribution is 2.38. The maximum Gasteiger partial charge on any atom is 0.293 e. The molecule has 1 aliphatic rings. The number of carbonyl (C=O) groups excluding carboxylic acids is 2. The van der Waals surface area contributed by atoms with Crippen molar-refractivity contribution >= 4 is 79.7 Å². The number of imide groups is 1. The molecular formula is C24H15BrCl3NO3S. The third-order valence-electron chi connectivity index (χ3n) is 4.75. The molecule has 1 fully saturated rings. The Morgan fingerprint density at radius 3 is 2.48 bits per heavy atom. The predicted octanol–water partition coefficient (Wildman–Crippen LogP) is 8.22. The van der Waals surface area contributed by atoms with E-state index in [1.165, 1.54) is 4.90 Å². The van der Waals surface area contributed by atoms with Gasteiger partial charge in [-0.1, -0.05) is 65.1 Å². The number of rotatable bonds is 6. The fourth-order valence-corrected chi connectivity index (χ4v) is 5.40. The van der Waals surface area contributed by atoms with Crippen molar-refractivity contribution in [3.05, 3.63) is 102 Å². The Morgan fingerprint density at radius 1 is 0.970 bits per heavy atom. The number of halogens is 4. The van der Waals surface area contributed by atoms with E-state index < -0.39 is 0 Å². The molecule has 4 rings (SSSR count). The molecule has 2 amide bonds. The van der Waals surface area contributed by atoms with E-state index in [0.29, 0.717) is 35.8 Å². The molecule has 1 aliphatic heterocycles. The highest BCUT2D eigenvalue weighted by Gasteiger charge is 2.35. The molecule has 0 aromatic heterocycles. The molecule has 0 radical (unpaired) electrons. The summed E-state index contributed by atoms with van der Waals surface area (Å²) < 4.78 is 6.48. The van der Waals surface area contributed by atoms with Gasteiger partial charge in [0, 0.05) is 15.6 Å². The van der Waals surface area contributed by atoms with Crippen LogP contribution in [0.25, 0.3) is 6.08 Å². The monoisotopic (exact) mass is 581 g/mol. The zero-order valence-corrected chi connectivity index (χ0v) is 21.5. The smallest absolute Gasteiger partial charge is 0.293 e. The van der Waals surface area contributed by atoms with Crippen LogP contribution < -0.4 is 4.74 Å². The van der Waals surface area contributed by atoms with E-state index in [4.69, 9.17) is 39.5 Å². The summed E-state index contributed by atoms with van der Waals surface area (Å²) in [5.41, 5.74) is 2.27. The van der Waals surface area contributed by atoms with Crippen LogP contribution >= 0.6 is 62.5 Å². The largest absolute Gasteiger partial charge is 0.486 e. The van der Waals surface area contributed by atoms with Crippen molar-refractivity contribution in [1.82, 2.24) is 4.90 Å². The standard InChI is InChI=1S/C24H15BrCl3NO3S/c25-18-9-15(10-20(28)22(18)32-13-16-5-1-2-7-19(16)27)11-21-23(30)29(24(31)33-21)12-14-4-3-6-17(26)8-14/h1-11H,12-13H2/b21-11-. The van der Waals surface area contributed by atoms with Crippen molar-refractivity contribution in [2.24, 2.45) is 0 Å². The Balaban J connectivity index is 1.51. The number of nitrogens with zero attached hydrogens (tertiary/aromatic N) is 1. The number of hydrogen-bond acceptors (Lipinski definition) is 4. The Hall–Kier alpha value is -1.96. The molecule has 1 saturated heterocycles. The van der Waals surface area contributed by atoms with Crippen molar-refractivity contribution in [2.45, 2.75) is 13.2 Å². The molecule has 0 spiro atoms. The van der Waals surface area contributed by atoms with Gasteiger partial charge in [0.05, 0.1) is 20.9 Å². The third-order valence-corrected chi connectivity index (χ3v) is 7.13. The summed E-state index contributed by atoms with van der Waals surface area (Å²) in [5.74, 6) is 0.0964. The van der Waals surface area contributed by atoms with E-state index in [1.807, 2.05) is 24.3 Å². The number of thioether (sulfide) groups is 1. The second kappa shape index (κ2) is 10.5. The van der Waals surface area contributed by atoms with Crippen LogP contribution in [0.3, 0.4) is 0 Å². The maximum absolute atomic E-state index is 12.8. The fraction of sp³-hybridized carbons (Fsp3) is 0.0833. The number of carbonyl (C=O) groups is 2. The van der Waals surface area contributed by atoms with Crippen molar-refractivity contribution < 1.29 is 14.3 Å². The highest BCUT2D eigenvalue weighted by molar-refractivity contribution is 9.10. The molecular weight excluding hydrogens is 569 g/mol. The van der Waals surface area contributed by atoms with Crippen LogP contribution in [-0.4, -0.2) is 16.0 Å². The maximum atomic E-state index is 12.8. The summed E-state index contributed by atoms with van der Waals surface area (Å²) in [6.07, 6.45) is 1.64. The summed E-state index contributed by atoms with van der Waals surface area (Å²) in [6.45, 7) is 0.404. The van der Waals surface area contributed by atoms with Gasteiger partial charge in [-0.15, -0.1) is 0 Å². The molecule has 3 aromatic rings. The summed E-state index contributed by atoms with van der Waals surface area (Å²) in [6, 6.07) is 17.9.